The third-order valence-corrected chi connectivity index (χ3v) is 11.1. The second-order valence-electron chi connectivity index (χ2n) is 13.3. The topological polar surface area (TPSA) is 112 Å². The lowest BCUT2D eigenvalue weighted by atomic mass is 9.65. The van der Waals surface area contributed by atoms with Gasteiger partial charge in [-0.1, -0.05) is 19.3 Å². The number of nitrogens with two attached hydrogens (primary N) is 2. The Hall–Kier alpha value is -0.550. The lowest BCUT2D eigenvalue weighted by Crippen LogP contribution is -2.65. The van der Waals surface area contributed by atoms with Gasteiger partial charge >= 0.3 is 0 Å². The first kappa shape index (κ1) is 29.9. The molecule has 0 bridgehead atoms. The van der Waals surface area contributed by atoms with Crippen molar-refractivity contribution in [2.24, 2.45) is 22.8 Å². The number of piperidine rings is 2. The number of carbonyl (C=O) groups excluding carboxylic acids is 1. The van der Waals surface area contributed by atoms with E-state index in [4.69, 9.17) is 23.1 Å². The fraction of sp³-hybridized carbons (Fsp3) is 0.966. The van der Waals surface area contributed by atoms with Crippen LogP contribution in [-0.4, -0.2) is 103 Å². The van der Waals surface area contributed by atoms with Gasteiger partial charge in [0.05, 0.1) is 18.1 Å². The number of rotatable bonds is 6. The predicted molar refractivity (Wildman–Crippen MR) is 155 cm³/mol. The lowest BCUT2D eigenvalue weighted by molar-refractivity contribution is -0.128. The summed E-state index contributed by atoms with van der Waals surface area (Å²) < 4.78 is 13.8. The van der Waals surface area contributed by atoms with Gasteiger partial charge in [-0.15, -0.1) is 11.6 Å². The summed E-state index contributed by atoms with van der Waals surface area (Å²) in [4.78, 5) is 18.9. The second-order valence-corrected chi connectivity index (χ2v) is 14.0. The van der Waals surface area contributed by atoms with E-state index in [0.29, 0.717) is 31.6 Å². The third kappa shape index (κ3) is 7.46. The molecule has 224 valence electrons. The summed E-state index contributed by atoms with van der Waals surface area (Å²) in [5.41, 5.74) is 13.0. The standard InChI is InChI=1S/C29H53ClFN7O/c30-20-4-11-29(9-2-1-3-10-29)16-23(35-17-20)26(27(32)33)28(39)36-24-18-34-12-5-25(24)37-14-7-22(8-15-37)38-13-6-21(31)19-38/h20-27,34-35H,1-19,32-33H2,(H,36,39)/t20?,21-,23?,24?,25?,26?/m0/s1. The number of halogens is 2. The fourth-order valence-electron chi connectivity index (χ4n) is 8.49. The average Bonchev–Trinajstić information content (AvgIpc) is 3.37. The molecule has 5 rings (SSSR count). The van der Waals surface area contributed by atoms with Gasteiger partial charge in [-0.25, -0.2) is 4.39 Å². The van der Waals surface area contributed by atoms with Gasteiger partial charge in [0.15, 0.2) is 0 Å². The highest BCUT2D eigenvalue weighted by Gasteiger charge is 2.43. The number of nitrogens with zero attached hydrogens (tertiary/aromatic N) is 2. The summed E-state index contributed by atoms with van der Waals surface area (Å²) in [6.45, 7) is 5.87. The van der Waals surface area contributed by atoms with Crippen molar-refractivity contribution in [2.75, 3.05) is 45.8 Å². The zero-order chi connectivity index (χ0) is 27.4. The molecule has 4 saturated heterocycles. The van der Waals surface area contributed by atoms with Gasteiger partial charge in [-0.3, -0.25) is 14.6 Å². The van der Waals surface area contributed by atoms with E-state index in [1.807, 2.05) is 0 Å². The summed E-state index contributed by atoms with van der Waals surface area (Å²) in [5, 5.41) is 10.6. The van der Waals surface area contributed by atoms with Crippen molar-refractivity contribution in [3.63, 3.8) is 0 Å². The number of hydrogen-bond donors (Lipinski definition) is 5. The second kappa shape index (κ2) is 13.6. The first-order valence-electron chi connectivity index (χ1n) is 15.9. The van der Waals surface area contributed by atoms with Crippen molar-refractivity contribution in [2.45, 2.75) is 119 Å². The normalized spacial score (nSPS) is 36.5. The van der Waals surface area contributed by atoms with Crippen LogP contribution in [0.1, 0.15) is 77.0 Å². The summed E-state index contributed by atoms with van der Waals surface area (Å²) in [6, 6.07) is 0.722. The van der Waals surface area contributed by atoms with Gasteiger partial charge in [-0.2, -0.15) is 0 Å². The van der Waals surface area contributed by atoms with Crippen molar-refractivity contribution in [1.82, 2.24) is 25.8 Å². The molecule has 1 saturated carbocycles. The molecule has 0 aromatic carbocycles. The van der Waals surface area contributed by atoms with Crippen LogP contribution >= 0.6 is 11.6 Å². The summed E-state index contributed by atoms with van der Waals surface area (Å²) >= 11 is 6.68. The predicted octanol–water partition coefficient (Wildman–Crippen LogP) is 1.90. The molecule has 5 aliphatic rings. The van der Waals surface area contributed by atoms with Gasteiger partial charge in [0.1, 0.15) is 6.17 Å². The molecule has 10 heteroatoms. The summed E-state index contributed by atoms with van der Waals surface area (Å²) in [6.07, 6.45) is 11.7. The summed E-state index contributed by atoms with van der Waals surface area (Å²) in [5.74, 6) is -0.525. The molecule has 5 fully saturated rings. The first-order chi connectivity index (χ1) is 18.8. The van der Waals surface area contributed by atoms with Crippen LogP contribution in [-0.2, 0) is 4.79 Å². The maximum atomic E-state index is 14.0. The zero-order valence-electron chi connectivity index (χ0n) is 23.8. The Morgan fingerprint density at radius 1 is 0.974 bits per heavy atom. The number of nitrogens with one attached hydrogen (secondary N) is 3. The molecule has 4 heterocycles. The Labute approximate surface area is 239 Å². The Balaban J connectivity index is 1.23. The zero-order valence-corrected chi connectivity index (χ0v) is 24.5. The van der Waals surface area contributed by atoms with E-state index in [-0.39, 0.29) is 28.8 Å². The van der Waals surface area contributed by atoms with E-state index in [9.17, 15) is 9.18 Å². The highest BCUT2D eigenvalue weighted by Crippen LogP contribution is 2.46. The lowest BCUT2D eigenvalue weighted by Gasteiger charge is -2.46. The SMILES string of the molecule is NC(N)C(C(=O)NC1CNCCC1N1CCC(N2CC[C@H](F)C2)CC1)C1CC2(CCCCC2)CCC(Cl)CN1. The minimum atomic E-state index is -0.734. The van der Waals surface area contributed by atoms with Crippen molar-refractivity contribution < 1.29 is 9.18 Å². The maximum absolute atomic E-state index is 14.0. The molecule has 0 aromatic heterocycles. The average molecular weight is 570 g/mol. The smallest absolute Gasteiger partial charge is 0.227 e. The van der Waals surface area contributed by atoms with E-state index < -0.39 is 18.3 Å². The first-order valence-corrected chi connectivity index (χ1v) is 16.3. The molecule has 1 aliphatic carbocycles. The molecule has 7 N–H and O–H groups in total. The van der Waals surface area contributed by atoms with Crippen molar-refractivity contribution in [3.8, 4) is 0 Å². The molecule has 0 radical (unpaired) electrons. The number of carbonyl (C=O) groups is 1. The van der Waals surface area contributed by atoms with Crippen molar-refractivity contribution in [3.05, 3.63) is 0 Å². The highest BCUT2D eigenvalue weighted by molar-refractivity contribution is 6.20. The third-order valence-electron chi connectivity index (χ3n) is 10.7. The summed E-state index contributed by atoms with van der Waals surface area (Å²) in [7, 11) is 0. The van der Waals surface area contributed by atoms with Crippen LogP contribution in [0.25, 0.3) is 0 Å². The Bertz CT molecular complexity index is 792. The van der Waals surface area contributed by atoms with Gasteiger partial charge in [0.2, 0.25) is 5.91 Å². The fourth-order valence-corrected chi connectivity index (χ4v) is 8.68. The van der Waals surface area contributed by atoms with Crippen LogP contribution in [0.5, 0.6) is 0 Å². The number of likely N-dealkylation sites (tertiary alicyclic amines) is 2. The van der Waals surface area contributed by atoms with Crippen molar-refractivity contribution >= 4 is 17.5 Å². The van der Waals surface area contributed by atoms with Crippen LogP contribution in [0.4, 0.5) is 4.39 Å². The van der Waals surface area contributed by atoms with Crippen molar-refractivity contribution in [1.29, 1.82) is 0 Å². The number of hydrogen-bond acceptors (Lipinski definition) is 7. The molecule has 5 unspecified atom stereocenters. The molecular weight excluding hydrogens is 517 g/mol. The van der Waals surface area contributed by atoms with Gasteiger partial charge in [0.25, 0.3) is 0 Å². The molecule has 6 atom stereocenters. The highest BCUT2D eigenvalue weighted by atomic mass is 35.5. The van der Waals surface area contributed by atoms with Crippen LogP contribution in [0.15, 0.2) is 0 Å². The Morgan fingerprint density at radius 3 is 2.41 bits per heavy atom. The van der Waals surface area contributed by atoms with Gasteiger partial charge < -0.3 is 27.4 Å². The maximum Gasteiger partial charge on any atom is 0.227 e. The van der Waals surface area contributed by atoms with E-state index >= 15 is 0 Å². The molecule has 1 amide bonds. The minimum Gasteiger partial charge on any atom is -0.350 e. The number of amides is 1. The minimum absolute atomic E-state index is 0.0176. The quantitative estimate of drug-likeness (QED) is 0.245. The molecular formula is C29H53ClFN7O. The van der Waals surface area contributed by atoms with Crippen LogP contribution in [0.2, 0.25) is 0 Å². The number of alkyl halides is 2. The van der Waals surface area contributed by atoms with Crippen LogP contribution in [0, 0.1) is 11.3 Å². The Kier molecular flexibility index (Phi) is 10.4. The molecule has 1 spiro atoms. The largest absolute Gasteiger partial charge is 0.350 e. The van der Waals surface area contributed by atoms with Gasteiger partial charge in [0, 0.05) is 62.8 Å². The monoisotopic (exact) mass is 569 g/mol. The van der Waals surface area contributed by atoms with Crippen LogP contribution < -0.4 is 27.4 Å². The molecule has 8 nitrogen and oxygen atoms in total. The Morgan fingerprint density at radius 2 is 1.72 bits per heavy atom. The van der Waals surface area contributed by atoms with Crippen LogP contribution in [0.3, 0.4) is 0 Å². The molecule has 4 aliphatic heterocycles. The van der Waals surface area contributed by atoms with Gasteiger partial charge in [-0.05, 0) is 69.7 Å². The van der Waals surface area contributed by atoms with E-state index in [0.717, 1.165) is 71.2 Å². The van der Waals surface area contributed by atoms with E-state index in [2.05, 4.69) is 25.8 Å². The molecule has 39 heavy (non-hydrogen) atoms. The van der Waals surface area contributed by atoms with E-state index in [1.165, 1.54) is 32.1 Å². The van der Waals surface area contributed by atoms with E-state index in [1.54, 1.807) is 0 Å². The molecule has 0 aromatic rings.